The van der Waals surface area contributed by atoms with Gasteiger partial charge in [-0.2, -0.15) is 13.2 Å². The van der Waals surface area contributed by atoms with Crippen molar-refractivity contribution in [2.75, 3.05) is 19.6 Å². The fraction of sp³-hybridized carbons (Fsp3) is 0.381. The number of benzene rings is 1. The lowest BCUT2D eigenvalue weighted by Gasteiger charge is -2.31. The molecule has 0 amide bonds. The number of piperidine rings is 1. The summed E-state index contributed by atoms with van der Waals surface area (Å²) in [5, 5.41) is 9.71. The summed E-state index contributed by atoms with van der Waals surface area (Å²) in [4.78, 5) is 9.85. The lowest BCUT2D eigenvalue weighted by molar-refractivity contribution is -0.137. The van der Waals surface area contributed by atoms with E-state index in [2.05, 4.69) is 25.2 Å². The van der Waals surface area contributed by atoms with Crippen LogP contribution in [0.1, 0.15) is 35.6 Å². The number of alkyl halides is 3. The van der Waals surface area contributed by atoms with Gasteiger partial charge < -0.3 is 9.88 Å². The van der Waals surface area contributed by atoms with Gasteiger partial charge in [0.25, 0.3) is 0 Å². The average Bonchev–Trinajstić information content (AvgIpc) is 3.38. The Labute approximate surface area is 182 Å². The molecule has 0 bridgehead atoms. The first-order valence-corrected chi connectivity index (χ1v) is 10.0. The largest absolute Gasteiger partial charge is 0.416 e. The maximum absolute atomic E-state index is 12.7. The third kappa shape index (κ3) is 4.24. The normalized spacial score (nSPS) is 16.1. The van der Waals surface area contributed by atoms with Gasteiger partial charge in [0, 0.05) is 24.0 Å². The van der Waals surface area contributed by atoms with Crippen molar-refractivity contribution >= 4 is 29.0 Å². The van der Waals surface area contributed by atoms with Gasteiger partial charge in [0.2, 0.25) is 0 Å². The zero-order chi connectivity index (χ0) is 20.7. The molecule has 31 heavy (non-hydrogen) atoms. The third-order valence-electron chi connectivity index (χ3n) is 5.97. The minimum Gasteiger partial charge on any atom is -0.346 e. The Morgan fingerprint density at radius 2 is 1.81 bits per heavy atom. The Kier molecular flexibility index (Phi) is 5.90. The highest BCUT2D eigenvalue weighted by Crippen LogP contribution is 2.32. The minimum atomic E-state index is -4.28. The molecule has 0 spiro atoms. The standard InChI is InChI=1S/C21H21F3N6.ClH/c22-21(23,24)16-3-1-14(2-4-16)6-10-29-11-7-15(8-12-29)18-19-17-5-9-25-20(17)26-13-30(19)28-27-18;/h1-5,9,13,15,25H,6-8,10-12H2;1H. The second-order valence-electron chi connectivity index (χ2n) is 7.81. The molecule has 1 aliphatic heterocycles. The minimum absolute atomic E-state index is 0. The van der Waals surface area contributed by atoms with Gasteiger partial charge in [0.15, 0.2) is 0 Å². The van der Waals surface area contributed by atoms with Crippen LogP contribution in [-0.4, -0.2) is 49.3 Å². The van der Waals surface area contributed by atoms with Crippen molar-refractivity contribution in [1.82, 2.24) is 29.7 Å². The van der Waals surface area contributed by atoms with Crippen molar-refractivity contribution < 1.29 is 13.2 Å². The van der Waals surface area contributed by atoms with Crippen LogP contribution in [0.15, 0.2) is 42.9 Å². The highest BCUT2D eigenvalue weighted by molar-refractivity contribution is 5.92. The summed E-state index contributed by atoms with van der Waals surface area (Å²) in [6, 6.07) is 7.48. The molecule has 1 aromatic carbocycles. The van der Waals surface area contributed by atoms with Gasteiger partial charge in [0.1, 0.15) is 17.5 Å². The Morgan fingerprint density at radius 1 is 1.06 bits per heavy atom. The molecule has 1 fully saturated rings. The number of aromatic amines is 1. The van der Waals surface area contributed by atoms with E-state index in [-0.39, 0.29) is 12.4 Å². The highest BCUT2D eigenvalue weighted by Gasteiger charge is 2.30. The first-order chi connectivity index (χ1) is 14.5. The van der Waals surface area contributed by atoms with Crippen LogP contribution in [-0.2, 0) is 12.6 Å². The smallest absolute Gasteiger partial charge is 0.346 e. The Bertz CT molecular complexity index is 1160. The summed E-state index contributed by atoms with van der Waals surface area (Å²) in [6.07, 6.45) is 1.98. The van der Waals surface area contributed by atoms with E-state index in [4.69, 9.17) is 0 Å². The lowest BCUT2D eigenvalue weighted by atomic mass is 9.92. The molecule has 4 aromatic rings. The number of halogens is 4. The quantitative estimate of drug-likeness (QED) is 0.498. The van der Waals surface area contributed by atoms with Gasteiger partial charge in [-0.1, -0.05) is 17.3 Å². The van der Waals surface area contributed by atoms with Gasteiger partial charge in [-0.3, -0.25) is 0 Å². The number of hydrogen-bond donors (Lipinski definition) is 1. The molecule has 4 heterocycles. The number of fused-ring (bicyclic) bond motifs is 3. The molecule has 3 aromatic heterocycles. The molecule has 0 unspecified atom stereocenters. The number of hydrogen-bond acceptors (Lipinski definition) is 4. The third-order valence-corrected chi connectivity index (χ3v) is 5.97. The summed E-state index contributed by atoms with van der Waals surface area (Å²) >= 11 is 0. The maximum atomic E-state index is 12.7. The van der Waals surface area contributed by atoms with Crippen molar-refractivity contribution in [3.8, 4) is 0 Å². The van der Waals surface area contributed by atoms with E-state index in [1.807, 2.05) is 12.3 Å². The number of rotatable bonds is 4. The number of nitrogens with zero attached hydrogens (tertiary/aromatic N) is 5. The first kappa shape index (κ1) is 21.6. The van der Waals surface area contributed by atoms with Crippen LogP contribution in [0, 0.1) is 0 Å². The van der Waals surface area contributed by atoms with E-state index in [9.17, 15) is 13.2 Å². The molecule has 0 radical (unpaired) electrons. The number of nitrogens with one attached hydrogen (secondary N) is 1. The highest BCUT2D eigenvalue weighted by atomic mass is 35.5. The summed E-state index contributed by atoms with van der Waals surface area (Å²) in [5.41, 5.74) is 3.20. The van der Waals surface area contributed by atoms with Crippen molar-refractivity contribution in [3.63, 3.8) is 0 Å². The topological polar surface area (TPSA) is 62.1 Å². The van der Waals surface area contributed by atoms with Crippen LogP contribution in [0.25, 0.3) is 16.6 Å². The molecule has 10 heteroatoms. The van der Waals surface area contributed by atoms with Crippen molar-refractivity contribution in [2.45, 2.75) is 31.4 Å². The Morgan fingerprint density at radius 3 is 2.52 bits per heavy atom. The van der Waals surface area contributed by atoms with Gasteiger partial charge in [-0.15, -0.1) is 17.5 Å². The van der Waals surface area contributed by atoms with Crippen LogP contribution in [0.5, 0.6) is 0 Å². The van der Waals surface area contributed by atoms with E-state index in [0.717, 1.165) is 78.8 Å². The van der Waals surface area contributed by atoms with Crippen LogP contribution in [0.4, 0.5) is 13.2 Å². The van der Waals surface area contributed by atoms with Gasteiger partial charge in [0.05, 0.1) is 11.3 Å². The predicted molar refractivity (Wildman–Crippen MR) is 113 cm³/mol. The molecular formula is C21H22ClF3N6. The molecule has 0 aliphatic carbocycles. The molecule has 0 atom stereocenters. The summed E-state index contributed by atoms with van der Waals surface area (Å²) in [6.45, 7) is 2.71. The van der Waals surface area contributed by atoms with Crippen molar-refractivity contribution in [1.29, 1.82) is 0 Å². The zero-order valence-corrected chi connectivity index (χ0v) is 17.5. The molecule has 1 aliphatic rings. The van der Waals surface area contributed by atoms with Crippen LogP contribution < -0.4 is 0 Å². The van der Waals surface area contributed by atoms with E-state index in [0.29, 0.717) is 5.92 Å². The van der Waals surface area contributed by atoms with E-state index >= 15 is 0 Å². The number of aromatic nitrogens is 5. The molecule has 0 saturated carbocycles. The van der Waals surface area contributed by atoms with Gasteiger partial charge >= 0.3 is 6.18 Å². The molecular weight excluding hydrogens is 429 g/mol. The summed E-state index contributed by atoms with van der Waals surface area (Å²) in [7, 11) is 0. The molecule has 1 N–H and O–H groups in total. The Hall–Kier alpha value is -2.65. The number of H-pyrrole nitrogens is 1. The Balaban J connectivity index is 0.00000231. The van der Waals surface area contributed by atoms with Gasteiger partial charge in [-0.05, 0) is 56.1 Å². The van der Waals surface area contributed by atoms with Gasteiger partial charge in [-0.25, -0.2) is 9.50 Å². The maximum Gasteiger partial charge on any atom is 0.416 e. The van der Waals surface area contributed by atoms with E-state index in [1.54, 1.807) is 23.0 Å². The van der Waals surface area contributed by atoms with E-state index in [1.165, 1.54) is 0 Å². The monoisotopic (exact) mass is 450 g/mol. The fourth-order valence-corrected chi connectivity index (χ4v) is 4.27. The summed E-state index contributed by atoms with van der Waals surface area (Å²) < 4.78 is 39.8. The first-order valence-electron chi connectivity index (χ1n) is 10.0. The van der Waals surface area contributed by atoms with Crippen LogP contribution in [0.3, 0.4) is 0 Å². The van der Waals surface area contributed by atoms with E-state index < -0.39 is 11.7 Å². The van der Waals surface area contributed by atoms with Crippen LogP contribution in [0.2, 0.25) is 0 Å². The van der Waals surface area contributed by atoms with Crippen molar-refractivity contribution in [3.05, 3.63) is 59.7 Å². The fourth-order valence-electron chi connectivity index (χ4n) is 4.27. The number of likely N-dealkylation sites (tertiary alicyclic amines) is 1. The predicted octanol–water partition coefficient (Wildman–Crippen LogP) is 4.47. The van der Waals surface area contributed by atoms with Crippen LogP contribution >= 0.6 is 12.4 Å². The molecule has 1 saturated heterocycles. The van der Waals surface area contributed by atoms with Crippen molar-refractivity contribution in [2.24, 2.45) is 0 Å². The molecule has 5 rings (SSSR count). The average molecular weight is 451 g/mol. The lowest BCUT2D eigenvalue weighted by Crippen LogP contribution is -2.34. The SMILES string of the molecule is Cl.FC(F)(F)c1ccc(CCN2CCC(c3nnn4cnc5[nH]ccc5c34)CC2)cc1. The molecule has 164 valence electrons. The summed E-state index contributed by atoms with van der Waals surface area (Å²) in [5.74, 6) is 0.338. The second-order valence-corrected chi connectivity index (χ2v) is 7.81. The zero-order valence-electron chi connectivity index (χ0n) is 16.6. The molecule has 6 nitrogen and oxygen atoms in total. The second kappa shape index (κ2) is 8.47.